The molecule has 0 aromatic carbocycles. The smallest absolute Gasteiger partial charge is 0.145 e. The molecule has 0 saturated carbocycles. The largest absolute Gasteiger partial charge is 0.382 e. The first-order valence-electron chi connectivity index (χ1n) is 6.05. The molecule has 0 aliphatic heterocycles. The zero-order valence-electron chi connectivity index (χ0n) is 10.4. The van der Waals surface area contributed by atoms with Gasteiger partial charge < -0.3 is 10.5 Å². The Kier molecular flexibility index (Phi) is 5.93. The second-order valence-corrected chi connectivity index (χ2v) is 4.51. The minimum Gasteiger partial charge on any atom is -0.382 e. The number of aryl methyl sites for hydroxylation is 1. The topological polar surface area (TPSA) is 53.1 Å². The van der Waals surface area contributed by atoms with E-state index in [9.17, 15) is 0 Å². The van der Waals surface area contributed by atoms with Crippen molar-refractivity contribution in [1.82, 2.24) is 9.78 Å². The number of nitrogen functional groups attached to an aromatic ring is 1. The van der Waals surface area contributed by atoms with E-state index in [1.54, 1.807) is 0 Å². The van der Waals surface area contributed by atoms with E-state index in [-0.39, 0.29) is 0 Å². The molecule has 1 heterocycles. The highest BCUT2D eigenvalue weighted by atomic mass is 16.5. The molecule has 0 atom stereocenters. The molecule has 0 bridgehead atoms. The number of anilines is 1. The molecule has 0 unspecified atom stereocenters. The minimum atomic E-state index is 0.581. The number of hydrogen-bond acceptors (Lipinski definition) is 3. The average Bonchev–Trinajstić information content (AvgIpc) is 2.62. The van der Waals surface area contributed by atoms with Gasteiger partial charge in [0, 0.05) is 26.0 Å². The first kappa shape index (κ1) is 13.0. The van der Waals surface area contributed by atoms with Crippen molar-refractivity contribution in [3.8, 4) is 0 Å². The van der Waals surface area contributed by atoms with Crippen LogP contribution in [0.3, 0.4) is 0 Å². The Hall–Kier alpha value is -1.03. The second kappa shape index (κ2) is 7.28. The van der Waals surface area contributed by atoms with E-state index in [1.807, 2.05) is 16.9 Å². The van der Waals surface area contributed by atoms with Crippen LogP contribution in [0.15, 0.2) is 12.3 Å². The van der Waals surface area contributed by atoms with Gasteiger partial charge in [-0.05, 0) is 31.2 Å². The molecule has 0 fully saturated rings. The number of hydrogen-bond donors (Lipinski definition) is 1. The molecule has 4 nitrogen and oxygen atoms in total. The number of ether oxygens (including phenoxy) is 1. The lowest BCUT2D eigenvalue weighted by molar-refractivity contribution is 0.122. The molecule has 0 radical (unpaired) electrons. The number of rotatable bonds is 8. The standard InChI is InChI=1S/C12H23N3O/c1-11(2)5-3-9-16-10-4-7-15-8-6-12(13)14-15/h6,8,11H,3-5,7,9-10H2,1-2H3,(H2,13,14). The Balaban J connectivity index is 1.92. The van der Waals surface area contributed by atoms with E-state index >= 15 is 0 Å². The van der Waals surface area contributed by atoms with Gasteiger partial charge in [-0.15, -0.1) is 0 Å². The summed E-state index contributed by atoms with van der Waals surface area (Å²) in [5.74, 6) is 1.36. The van der Waals surface area contributed by atoms with Gasteiger partial charge in [0.15, 0.2) is 0 Å². The fraction of sp³-hybridized carbons (Fsp3) is 0.750. The first-order chi connectivity index (χ1) is 7.68. The van der Waals surface area contributed by atoms with Crippen LogP contribution in [0, 0.1) is 5.92 Å². The summed E-state index contributed by atoms with van der Waals surface area (Å²) in [6.07, 6.45) is 5.29. The normalized spacial score (nSPS) is 11.2. The summed E-state index contributed by atoms with van der Waals surface area (Å²) in [4.78, 5) is 0. The Bertz CT molecular complexity index is 284. The summed E-state index contributed by atoms with van der Waals surface area (Å²) < 4.78 is 7.39. The predicted molar refractivity (Wildman–Crippen MR) is 66.1 cm³/mol. The maximum Gasteiger partial charge on any atom is 0.145 e. The van der Waals surface area contributed by atoms with E-state index in [0.29, 0.717) is 5.82 Å². The molecule has 1 aromatic rings. The van der Waals surface area contributed by atoms with Crippen molar-refractivity contribution in [3.63, 3.8) is 0 Å². The Morgan fingerprint density at radius 1 is 1.38 bits per heavy atom. The van der Waals surface area contributed by atoms with E-state index in [0.717, 1.165) is 38.5 Å². The average molecular weight is 225 g/mol. The lowest BCUT2D eigenvalue weighted by Gasteiger charge is -2.06. The highest BCUT2D eigenvalue weighted by molar-refractivity contribution is 5.23. The van der Waals surface area contributed by atoms with Crippen molar-refractivity contribution >= 4 is 5.82 Å². The van der Waals surface area contributed by atoms with E-state index in [4.69, 9.17) is 10.5 Å². The monoisotopic (exact) mass is 225 g/mol. The fourth-order valence-electron chi connectivity index (χ4n) is 1.53. The van der Waals surface area contributed by atoms with Gasteiger partial charge in [0.25, 0.3) is 0 Å². The van der Waals surface area contributed by atoms with E-state index in [2.05, 4.69) is 18.9 Å². The third-order valence-electron chi connectivity index (χ3n) is 2.41. The van der Waals surface area contributed by atoms with Gasteiger partial charge in [0.05, 0.1) is 0 Å². The molecule has 0 saturated heterocycles. The molecular weight excluding hydrogens is 202 g/mol. The number of aromatic nitrogens is 2. The van der Waals surface area contributed by atoms with Gasteiger partial charge in [0.1, 0.15) is 5.82 Å². The lowest BCUT2D eigenvalue weighted by atomic mass is 10.1. The molecule has 0 aliphatic rings. The summed E-state index contributed by atoms with van der Waals surface area (Å²) in [7, 11) is 0. The quantitative estimate of drug-likeness (QED) is 0.691. The van der Waals surface area contributed by atoms with Crippen molar-refractivity contribution in [2.45, 2.75) is 39.7 Å². The van der Waals surface area contributed by atoms with Crippen LogP contribution in [0.4, 0.5) is 5.82 Å². The predicted octanol–water partition coefficient (Wildman–Crippen LogP) is 2.31. The molecule has 2 N–H and O–H groups in total. The van der Waals surface area contributed by atoms with E-state index < -0.39 is 0 Å². The number of nitrogens with zero attached hydrogens (tertiary/aromatic N) is 2. The number of nitrogens with two attached hydrogens (primary N) is 1. The van der Waals surface area contributed by atoms with Crippen molar-refractivity contribution in [1.29, 1.82) is 0 Å². The maximum absolute atomic E-state index is 5.54. The molecule has 4 heteroatoms. The van der Waals surface area contributed by atoms with E-state index in [1.165, 1.54) is 6.42 Å². The summed E-state index contributed by atoms with van der Waals surface area (Å²) in [6, 6.07) is 1.81. The van der Waals surface area contributed by atoms with Gasteiger partial charge in [0.2, 0.25) is 0 Å². The van der Waals surface area contributed by atoms with Crippen molar-refractivity contribution < 1.29 is 4.74 Å². The highest BCUT2D eigenvalue weighted by Crippen LogP contribution is 2.03. The Morgan fingerprint density at radius 3 is 2.75 bits per heavy atom. The van der Waals surface area contributed by atoms with Crippen LogP contribution in [-0.2, 0) is 11.3 Å². The van der Waals surface area contributed by atoms with Gasteiger partial charge in [-0.1, -0.05) is 13.8 Å². The Morgan fingerprint density at radius 2 is 2.12 bits per heavy atom. The van der Waals surface area contributed by atoms with Crippen LogP contribution in [0.1, 0.15) is 33.1 Å². The molecule has 1 rings (SSSR count). The highest BCUT2D eigenvalue weighted by Gasteiger charge is 1.96. The molecule has 0 spiro atoms. The third kappa shape index (κ3) is 5.75. The molecule has 0 amide bonds. The van der Waals surface area contributed by atoms with Crippen molar-refractivity contribution in [2.24, 2.45) is 5.92 Å². The van der Waals surface area contributed by atoms with Crippen molar-refractivity contribution in [3.05, 3.63) is 12.3 Å². The van der Waals surface area contributed by atoms with Gasteiger partial charge >= 0.3 is 0 Å². The Labute approximate surface area is 97.8 Å². The van der Waals surface area contributed by atoms with Crippen molar-refractivity contribution in [2.75, 3.05) is 18.9 Å². The zero-order valence-corrected chi connectivity index (χ0v) is 10.4. The van der Waals surface area contributed by atoms with Gasteiger partial charge in [-0.25, -0.2) is 0 Å². The minimum absolute atomic E-state index is 0.581. The maximum atomic E-state index is 5.54. The van der Waals surface area contributed by atoms with Gasteiger partial charge in [-0.2, -0.15) is 5.10 Å². The lowest BCUT2D eigenvalue weighted by Crippen LogP contribution is -2.05. The molecule has 0 aliphatic carbocycles. The molecular formula is C12H23N3O. The summed E-state index contributed by atoms with van der Waals surface area (Å²) in [5.41, 5.74) is 5.51. The molecule has 1 aromatic heterocycles. The second-order valence-electron chi connectivity index (χ2n) is 4.51. The van der Waals surface area contributed by atoms with Crippen LogP contribution in [0.2, 0.25) is 0 Å². The summed E-state index contributed by atoms with van der Waals surface area (Å²) >= 11 is 0. The van der Waals surface area contributed by atoms with Gasteiger partial charge in [-0.3, -0.25) is 4.68 Å². The summed E-state index contributed by atoms with van der Waals surface area (Å²) in [6.45, 7) is 7.03. The molecule has 92 valence electrons. The first-order valence-corrected chi connectivity index (χ1v) is 6.05. The SMILES string of the molecule is CC(C)CCCOCCCn1ccc(N)n1. The third-order valence-corrected chi connectivity index (χ3v) is 2.41. The van der Waals surface area contributed by atoms with Crippen LogP contribution in [-0.4, -0.2) is 23.0 Å². The zero-order chi connectivity index (χ0) is 11.8. The van der Waals surface area contributed by atoms with Crippen LogP contribution >= 0.6 is 0 Å². The van der Waals surface area contributed by atoms with Crippen LogP contribution in [0.5, 0.6) is 0 Å². The van der Waals surface area contributed by atoms with Crippen LogP contribution in [0.25, 0.3) is 0 Å². The van der Waals surface area contributed by atoms with Crippen LogP contribution < -0.4 is 5.73 Å². The molecule has 16 heavy (non-hydrogen) atoms. The summed E-state index contributed by atoms with van der Waals surface area (Å²) in [5, 5.41) is 4.11. The fourth-order valence-corrected chi connectivity index (χ4v) is 1.53.